The molecule has 0 aromatic heterocycles. The third kappa shape index (κ3) is 1.85. The average molecular weight is 195 g/mol. The molecule has 0 aliphatic carbocycles. The molecule has 1 aromatic carbocycles. The van der Waals surface area contributed by atoms with Crippen LogP contribution in [0.3, 0.4) is 0 Å². The Balaban J connectivity index is 3.19. The molecule has 1 aromatic rings. The summed E-state index contributed by atoms with van der Waals surface area (Å²) in [6.07, 6.45) is 0. The highest BCUT2D eigenvalue weighted by molar-refractivity contribution is 6.74. The van der Waals surface area contributed by atoms with Gasteiger partial charge in [0.2, 0.25) is 0 Å². The summed E-state index contributed by atoms with van der Waals surface area (Å²) in [5.41, 5.74) is -1.01. The molecule has 0 atom stereocenters. The molecule has 1 nitrogen and oxygen atoms in total. The fraction of sp³-hybridized carbons (Fsp3) is 0. The van der Waals surface area contributed by atoms with Gasteiger partial charge in [0.15, 0.2) is 0 Å². The van der Waals surface area contributed by atoms with Crippen LogP contribution in [0.1, 0.15) is 0 Å². The second-order valence-corrected chi connectivity index (χ2v) is 2.71. The first-order chi connectivity index (χ1) is 5.41. The van der Waals surface area contributed by atoms with Crippen LogP contribution in [-0.4, -0.2) is 12.1 Å². The lowest BCUT2D eigenvalue weighted by Gasteiger charge is -2.15. The van der Waals surface area contributed by atoms with Crippen LogP contribution in [0.4, 0.5) is 12.9 Å². The van der Waals surface area contributed by atoms with Crippen LogP contribution in [0.15, 0.2) is 18.2 Å². The molecule has 6 heteroatoms. The summed E-state index contributed by atoms with van der Waals surface area (Å²) < 4.78 is 36.1. The lowest BCUT2D eigenvalue weighted by atomic mass is 9.79. The lowest BCUT2D eigenvalue weighted by Crippen LogP contribution is -2.33. The van der Waals surface area contributed by atoms with Gasteiger partial charge in [-0.25, -0.2) is 0 Å². The highest BCUT2D eigenvalue weighted by Crippen LogP contribution is 2.20. The van der Waals surface area contributed by atoms with Crippen molar-refractivity contribution in [2.45, 2.75) is 0 Å². The Hall–Kier alpha value is -0.835. The van der Waals surface area contributed by atoms with Gasteiger partial charge < -0.3 is 18.1 Å². The van der Waals surface area contributed by atoms with Gasteiger partial charge in [-0.2, -0.15) is 0 Å². The van der Waals surface area contributed by atoms with E-state index in [9.17, 15) is 12.9 Å². The summed E-state index contributed by atoms with van der Waals surface area (Å²) >= 11 is 5.35. The van der Waals surface area contributed by atoms with Crippen LogP contribution >= 0.6 is 11.6 Å². The van der Waals surface area contributed by atoms with Crippen molar-refractivity contribution in [3.8, 4) is 5.75 Å². The number of phenolic OH excluding ortho intramolecular Hbond substituents is 1. The number of phenols is 1. The fourth-order valence-corrected chi connectivity index (χ4v) is 0.960. The molecule has 0 bridgehead atoms. The van der Waals surface area contributed by atoms with Crippen molar-refractivity contribution in [3.05, 3.63) is 23.2 Å². The van der Waals surface area contributed by atoms with Gasteiger partial charge in [-0.1, -0.05) is 23.1 Å². The maximum atomic E-state index is 12.0. The Morgan fingerprint density at radius 1 is 1.25 bits per heavy atom. The van der Waals surface area contributed by atoms with Crippen molar-refractivity contribution < 1.29 is 18.1 Å². The zero-order chi connectivity index (χ0) is 9.35. The van der Waals surface area contributed by atoms with Gasteiger partial charge in [0.1, 0.15) is 0 Å². The number of benzene rings is 1. The maximum Gasteiger partial charge on any atom is 0.513 e. The Kier molecular flexibility index (Phi) is 2.23. The number of hydrogen-bond donors (Lipinski definition) is 1. The minimum absolute atomic E-state index is 0.0799. The van der Waals surface area contributed by atoms with Crippen molar-refractivity contribution in [3.63, 3.8) is 0 Å². The van der Waals surface area contributed by atoms with Gasteiger partial charge in [-0.3, -0.25) is 0 Å². The third-order valence-corrected chi connectivity index (χ3v) is 1.58. The van der Waals surface area contributed by atoms with Gasteiger partial charge >= 0.3 is 6.98 Å². The Morgan fingerprint density at radius 2 is 1.83 bits per heavy atom. The van der Waals surface area contributed by atoms with E-state index in [2.05, 4.69) is 0 Å². The van der Waals surface area contributed by atoms with Gasteiger partial charge in [0.25, 0.3) is 0 Å². The first kappa shape index (κ1) is 9.25. The molecule has 0 radical (unpaired) electrons. The van der Waals surface area contributed by atoms with Crippen molar-refractivity contribution in [1.82, 2.24) is 0 Å². The summed E-state index contributed by atoms with van der Waals surface area (Å²) in [6.45, 7) is -5.15. The van der Waals surface area contributed by atoms with Crippen LogP contribution in [0.5, 0.6) is 5.75 Å². The highest BCUT2D eigenvalue weighted by atomic mass is 35.5. The summed E-state index contributed by atoms with van der Waals surface area (Å²) in [5.74, 6) is -0.824. The normalized spacial score (nSPS) is 11.7. The van der Waals surface area contributed by atoms with Crippen LogP contribution in [0, 0.1) is 0 Å². The molecule has 0 saturated heterocycles. The van der Waals surface area contributed by atoms with Crippen molar-refractivity contribution in [2.24, 2.45) is 0 Å². The van der Waals surface area contributed by atoms with E-state index in [0.717, 1.165) is 18.2 Å². The topological polar surface area (TPSA) is 20.2 Å². The van der Waals surface area contributed by atoms with Gasteiger partial charge in [-0.15, -0.1) is 0 Å². The lowest BCUT2D eigenvalue weighted by molar-refractivity contribution is 0.463. The molecule has 0 spiro atoms. The zero-order valence-corrected chi connectivity index (χ0v) is 6.52. The standard InChI is InChI=1S/C6H4BClF3O/c8-4-1-2-5(6(12)3-4)7(9,10)11/h1-3,12H/q-1. The molecule has 1 rings (SSSR count). The first-order valence-electron chi connectivity index (χ1n) is 3.09. The largest absolute Gasteiger partial charge is 0.513 e. The van der Waals surface area contributed by atoms with E-state index in [1.165, 1.54) is 0 Å². The van der Waals surface area contributed by atoms with Crippen molar-refractivity contribution >= 4 is 24.0 Å². The number of rotatable bonds is 1. The van der Waals surface area contributed by atoms with Crippen LogP contribution in [-0.2, 0) is 0 Å². The van der Waals surface area contributed by atoms with E-state index < -0.39 is 18.2 Å². The van der Waals surface area contributed by atoms with E-state index in [1.807, 2.05) is 0 Å². The van der Waals surface area contributed by atoms with Crippen LogP contribution < -0.4 is 5.46 Å². The zero-order valence-electron chi connectivity index (χ0n) is 5.77. The summed E-state index contributed by atoms with van der Waals surface area (Å²) in [7, 11) is 0. The Labute approximate surface area is 71.8 Å². The molecule has 0 unspecified atom stereocenters. The molecule has 12 heavy (non-hydrogen) atoms. The molecule has 0 fully saturated rings. The van der Waals surface area contributed by atoms with E-state index in [1.54, 1.807) is 0 Å². The smallest absolute Gasteiger partial charge is 0.511 e. The summed E-state index contributed by atoms with van der Waals surface area (Å²) in [6, 6.07) is 2.72. The quantitative estimate of drug-likeness (QED) is 0.680. The molecular formula is C6H4BClF3O-. The van der Waals surface area contributed by atoms with E-state index in [0.29, 0.717) is 0 Å². The summed E-state index contributed by atoms with van der Waals surface area (Å²) in [4.78, 5) is 0. The molecule has 0 aliphatic rings. The second kappa shape index (κ2) is 2.90. The SMILES string of the molecule is Oc1cc(Cl)ccc1[B-](F)(F)F. The van der Waals surface area contributed by atoms with Crippen LogP contribution in [0.25, 0.3) is 0 Å². The monoisotopic (exact) mass is 195 g/mol. The molecule has 0 aliphatic heterocycles. The van der Waals surface area contributed by atoms with E-state index >= 15 is 0 Å². The molecule has 66 valence electrons. The van der Waals surface area contributed by atoms with Gasteiger partial charge in [0.05, 0.1) is 5.75 Å². The molecule has 0 amide bonds. The van der Waals surface area contributed by atoms with Crippen molar-refractivity contribution in [2.75, 3.05) is 0 Å². The average Bonchev–Trinajstić information content (AvgIpc) is 1.83. The summed E-state index contributed by atoms with van der Waals surface area (Å²) in [5, 5.41) is 8.92. The Morgan fingerprint density at radius 3 is 2.25 bits per heavy atom. The number of hydrogen-bond acceptors (Lipinski definition) is 1. The molecule has 1 N–H and O–H groups in total. The molecule has 0 saturated carbocycles. The number of aromatic hydroxyl groups is 1. The molecule has 0 heterocycles. The van der Waals surface area contributed by atoms with Gasteiger partial charge in [-0.05, 0) is 12.1 Å². The van der Waals surface area contributed by atoms with Gasteiger partial charge in [0, 0.05) is 5.02 Å². The Bertz CT molecular complexity index is 299. The van der Waals surface area contributed by atoms with E-state index in [-0.39, 0.29) is 5.02 Å². The minimum atomic E-state index is -5.15. The maximum absolute atomic E-state index is 12.0. The molecular weight excluding hydrogens is 191 g/mol. The van der Waals surface area contributed by atoms with E-state index in [4.69, 9.17) is 16.7 Å². The third-order valence-electron chi connectivity index (χ3n) is 1.35. The first-order valence-corrected chi connectivity index (χ1v) is 3.47. The second-order valence-electron chi connectivity index (χ2n) is 2.28. The number of halogens is 4. The predicted molar refractivity (Wildman–Crippen MR) is 41.8 cm³/mol. The predicted octanol–water partition coefficient (Wildman–Crippen LogP) is 2.10. The minimum Gasteiger partial charge on any atom is -0.511 e. The van der Waals surface area contributed by atoms with Crippen molar-refractivity contribution in [1.29, 1.82) is 0 Å². The van der Waals surface area contributed by atoms with Crippen LogP contribution in [0.2, 0.25) is 5.02 Å². The fourth-order valence-electron chi connectivity index (χ4n) is 0.794. The highest BCUT2D eigenvalue weighted by Gasteiger charge is 2.28.